The highest BCUT2D eigenvalue weighted by molar-refractivity contribution is 5.74. The van der Waals surface area contributed by atoms with Gasteiger partial charge in [-0.15, -0.1) is 0 Å². The molecule has 0 saturated heterocycles. The van der Waals surface area contributed by atoms with Gasteiger partial charge in [0.25, 0.3) is 0 Å². The molecule has 0 radical (unpaired) electrons. The molecule has 0 aliphatic heterocycles. The molecule has 0 heterocycles. The van der Waals surface area contributed by atoms with E-state index in [-0.39, 0.29) is 18.0 Å². The molecular weight excluding hydrogens is 320 g/mol. The number of carbonyl (C=O) groups excluding carboxylic acids is 1. The Kier molecular flexibility index (Phi) is 7.10. The molecule has 138 valence electrons. The van der Waals surface area contributed by atoms with E-state index in [9.17, 15) is 9.59 Å². The molecule has 1 aliphatic rings. The first-order chi connectivity index (χ1) is 12.0. The molecule has 2 rings (SSSR count). The summed E-state index contributed by atoms with van der Waals surface area (Å²) < 4.78 is 5.16. The van der Waals surface area contributed by atoms with Gasteiger partial charge >= 0.3 is 12.0 Å². The van der Waals surface area contributed by atoms with Gasteiger partial charge in [0, 0.05) is 12.6 Å². The van der Waals surface area contributed by atoms with E-state index >= 15 is 0 Å². The largest absolute Gasteiger partial charge is 0.497 e. The second kappa shape index (κ2) is 9.30. The average Bonchev–Trinajstić information content (AvgIpc) is 2.62. The van der Waals surface area contributed by atoms with Crippen molar-refractivity contribution in [3.8, 4) is 5.75 Å². The third kappa shape index (κ3) is 5.96. The number of hydrogen-bond donors (Lipinski definition) is 3. The molecule has 1 aromatic carbocycles. The van der Waals surface area contributed by atoms with Crippen LogP contribution in [0.1, 0.15) is 50.5 Å². The van der Waals surface area contributed by atoms with Gasteiger partial charge in [0.05, 0.1) is 13.0 Å². The van der Waals surface area contributed by atoms with Crippen molar-refractivity contribution in [1.29, 1.82) is 0 Å². The van der Waals surface area contributed by atoms with E-state index < -0.39 is 5.97 Å². The molecule has 6 nitrogen and oxygen atoms in total. The third-order valence-corrected chi connectivity index (χ3v) is 4.96. The highest BCUT2D eigenvalue weighted by atomic mass is 16.5. The number of aliphatic carboxylic acids is 1. The first-order valence-electron chi connectivity index (χ1n) is 8.90. The number of hydrogen-bond acceptors (Lipinski definition) is 3. The first-order valence-corrected chi connectivity index (χ1v) is 8.90. The molecule has 1 saturated carbocycles. The van der Waals surface area contributed by atoms with Crippen molar-refractivity contribution < 1.29 is 19.4 Å². The number of urea groups is 1. The van der Waals surface area contributed by atoms with Crippen LogP contribution in [0.2, 0.25) is 0 Å². The summed E-state index contributed by atoms with van der Waals surface area (Å²) >= 11 is 0. The quantitative estimate of drug-likeness (QED) is 0.706. The van der Waals surface area contributed by atoms with Crippen LogP contribution in [0.15, 0.2) is 24.3 Å². The summed E-state index contributed by atoms with van der Waals surface area (Å²) in [6.45, 7) is 2.73. The van der Waals surface area contributed by atoms with Crippen molar-refractivity contribution in [3.05, 3.63) is 29.8 Å². The van der Waals surface area contributed by atoms with E-state index in [0.717, 1.165) is 25.0 Å². The molecule has 3 N–H and O–H groups in total. The number of amides is 2. The van der Waals surface area contributed by atoms with Crippen LogP contribution in [0, 0.1) is 5.92 Å². The second-order valence-electron chi connectivity index (χ2n) is 6.75. The van der Waals surface area contributed by atoms with Gasteiger partial charge in [-0.1, -0.05) is 19.1 Å². The van der Waals surface area contributed by atoms with Gasteiger partial charge < -0.3 is 20.5 Å². The molecule has 0 bridgehead atoms. The maximum atomic E-state index is 12.0. The predicted molar refractivity (Wildman–Crippen MR) is 95.9 cm³/mol. The maximum absolute atomic E-state index is 12.0. The van der Waals surface area contributed by atoms with E-state index in [4.69, 9.17) is 9.84 Å². The number of benzene rings is 1. The standard InChI is InChI=1S/C19H28N2O4/c1-13(14-5-9-17(25-2)10-6-14)11-12-20-19(24)21-16-7-3-15(4-8-16)18(22)23/h5-6,9-10,13,15-16H,3-4,7-8,11-12H2,1-2H3,(H,22,23)(H2,20,21,24). The average molecular weight is 348 g/mol. The third-order valence-electron chi connectivity index (χ3n) is 4.96. The lowest BCUT2D eigenvalue weighted by molar-refractivity contribution is -0.142. The van der Waals surface area contributed by atoms with Gasteiger partial charge in [-0.05, 0) is 55.7 Å². The fourth-order valence-electron chi connectivity index (χ4n) is 3.22. The molecule has 1 aliphatic carbocycles. The molecule has 0 aromatic heterocycles. The zero-order valence-electron chi connectivity index (χ0n) is 15.0. The molecule has 1 atom stereocenters. The van der Waals surface area contributed by atoms with E-state index in [0.29, 0.717) is 25.3 Å². The van der Waals surface area contributed by atoms with Crippen LogP contribution in [0.4, 0.5) is 4.79 Å². The lowest BCUT2D eigenvalue weighted by Gasteiger charge is -2.26. The number of carbonyl (C=O) groups is 2. The Bertz CT molecular complexity index is 565. The lowest BCUT2D eigenvalue weighted by atomic mass is 9.86. The number of nitrogens with one attached hydrogen (secondary N) is 2. The summed E-state index contributed by atoms with van der Waals surface area (Å²) in [4.78, 5) is 22.9. The minimum Gasteiger partial charge on any atom is -0.497 e. The molecule has 6 heteroatoms. The van der Waals surface area contributed by atoms with Crippen molar-refractivity contribution in [2.45, 2.75) is 51.0 Å². The van der Waals surface area contributed by atoms with E-state index in [2.05, 4.69) is 17.6 Å². The van der Waals surface area contributed by atoms with Crippen LogP contribution in [0.5, 0.6) is 5.75 Å². The summed E-state index contributed by atoms with van der Waals surface area (Å²) in [5, 5.41) is 14.8. The maximum Gasteiger partial charge on any atom is 0.315 e. The Morgan fingerprint density at radius 2 is 1.84 bits per heavy atom. The highest BCUT2D eigenvalue weighted by Crippen LogP contribution is 2.24. The molecule has 2 amide bonds. The van der Waals surface area contributed by atoms with Crippen LogP contribution in [-0.2, 0) is 4.79 Å². The Morgan fingerprint density at radius 1 is 1.20 bits per heavy atom. The van der Waals surface area contributed by atoms with Crippen LogP contribution < -0.4 is 15.4 Å². The smallest absolute Gasteiger partial charge is 0.315 e. The Morgan fingerprint density at radius 3 is 2.40 bits per heavy atom. The zero-order valence-corrected chi connectivity index (χ0v) is 15.0. The van der Waals surface area contributed by atoms with Crippen molar-refractivity contribution in [2.75, 3.05) is 13.7 Å². The zero-order chi connectivity index (χ0) is 18.2. The molecular formula is C19H28N2O4. The van der Waals surface area contributed by atoms with E-state index in [1.165, 1.54) is 5.56 Å². The van der Waals surface area contributed by atoms with Crippen LogP contribution in [0.25, 0.3) is 0 Å². The number of rotatable bonds is 7. The molecule has 1 aromatic rings. The number of ether oxygens (including phenoxy) is 1. The molecule has 0 spiro atoms. The number of methoxy groups -OCH3 is 1. The predicted octanol–water partition coefficient (Wildman–Crippen LogP) is 3.13. The normalized spacial score (nSPS) is 21.2. The lowest BCUT2D eigenvalue weighted by Crippen LogP contribution is -2.44. The Labute approximate surface area is 149 Å². The Hall–Kier alpha value is -2.24. The summed E-state index contributed by atoms with van der Waals surface area (Å²) in [6, 6.07) is 7.89. The number of carboxylic acid groups (broad SMARTS) is 1. The minimum atomic E-state index is -0.726. The monoisotopic (exact) mass is 348 g/mol. The molecule has 1 unspecified atom stereocenters. The van der Waals surface area contributed by atoms with Gasteiger partial charge in [0.2, 0.25) is 0 Å². The van der Waals surface area contributed by atoms with Crippen molar-refractivity contribution in [1.82, 2.24) is 10.6 Å². The van der Waals surface area contributed by atoms with Crippen LogP contribution in [-0.4, -0.2) is 36.8 Å². The first kappa shape index (κ1) is 19.1. The van der Waals surface area contributed by atoms with Crippen LogP contribution >= 0.6 is 0 Å². The molecule has 25 heavy (non-hydrogen) atoms. The highest BCUT2D eigenvalue weighted by Gasteiger charge is 2.26. The summed E-state index contributed by atoms with van der Waals surface area (Å²) in [6.07, 6.45) is 3.58. The van der Waals surface area contributed by atoms with Crippen molar-refractivity contribution >= 4 is 12.0 Å². The van der Waals surface area contributed by atoms with E-state index in [1.807, 2.05) is 24.3 Å². The van der Waals surface area contributed by atoms with Gasteiger partial charge in [0.15, 0.2) is 0 Å². The Balaban J connectivity index is 1.65. The van der Waals surface area contributed by atoms with Crippen molar-refractivity contribution in [2.24, 2.45) is 5.92 Å². The minimum absolute atomic E-state index is 0.0783. The van der Waals surface area contributed by atoms with Gasteiger partial charge in [0.1, 0.15) is 5.75 Å². The summed E-state index contributed by atoms with van der Waals surface area (Å²) in [5.74, 6) is 0.199. The van der Waals surface area contributed by atoms with Gasteiger partial charge in [-0.3, -0.25) is 4.79 Å². The fourth-order valence-corrected chi connectivity index (χ4v) is 3.22. The van der Waals surface area contributed by atoms with E-state index in [1.54, 1.807) is 7.11 Å². The topological polar surface area (TPSA) is 87.7 Å². The molecule has 1 fully saturated rings. The summed E-state index contributed by atoms with van der Waals surface area (Å²) in [5.41, 5.74) is 1.22. The summed E-state index contributed by atoms with van der Waals surface area (Å²) in [7, 11) is 1.65. The fraction of sp³-hybridized carbons (Fsp3) is 0.579. The number of carboxylic acids is 1. The van der Waals surface area contributed by atoms with Gasteiger partial charge in [-0.25, -0.2) is 4.79 Å². The second-order valence-corrected chi connectivity index (χ2v) is 6.75. The SMILES string of the molecule is COc1ccc(C(C)CCNC(=O)NC2CCC(C(=O)O)CC2)cc1. The van der Waals surface area contributed by atoms with Crippen LogP contribution in [0.3, 0.4) is 0 Å². The van der Waals surface area contributed by atoms with Crippen molar-refractivity contribution in [3.63, 3.8) is 0 Å². The van der Waals surface area contributed by atoms with Gasteiger partial charge in [-0.2, -0.15) is 0 Å².